The van der Waals surface area contributed by atoms with Crippen molar-refractivity contribution in [1.29, 1.82) is 0 Å². The first-order valence-electron chi connectivity index (χ1n) is 6.02. The topological polar surface area (TPSA) is 52.6 Å². The Hall–Kier alpha value is -1.06. The zero-order valence-electron chi connectivity index (χ0n) is 10.6. The number of hydrogen-bond acceptors (Lipinski definition) is 4. The highest BCUT2D eigenvalue weighted by atomic mass is 17.2. The zero-order chi connectivity index (χ0) is 12.6. The summed E-state index contributed by atoms with van der Waals surface area (Å²) >= 11 is 0. The lowest BCUT2D eigenvalue weighted by atomic mass is 10.0. The Kier molecular flexibility index (Phi) is 7.60. The lowest BCUT2D eigenvalue weighted by Gasteiger charge is -2.12. The van der Waals surface area contributed by atoms with Crippen molar-refractivity contribution in [2.75, 3.05) is 0 Å². The van der Waals surface area contributed by atoms with Gasteiger partial charge in [-0.15, -0.1) is 0 Å². The first-order valence-corrected chi connectivity index (χ1v) is 6.02. The van der Waals surface area contributed by atoms with Crippen molar-refractivity contribution in [2.24, 2.45) is 11.8 Å². The smallest absolute Gasteiger partial charge is 0.247 e. The summed E-state index contributed by atoms with van der Waals surface area (Å²) in [6.07, 6.45) is 2.77. The van der Waals surface area contributed by atoms with Crippen LogP contribution in [0.25, 0.3) is 0 Å². The lowest BCUT2D eigenvalue weighted by Crippen LogP contribution is -2.22. The molecule has 16 heavy (non-hydrogen) atoms. The van der Waals surface area contributed by atoms with Crippen LogP contribution in [0, 0.1) is 11.8 Å². The van der Waals surface area contributed by atoms with Crippen molar-refractivity contribution in [3.63, 3.8) is 0 Å². The monoisotopic (exact) mass is 230 g/mol. The van der Waals surface area contributed by atoms with Crippen molar-refractivity contribution in [1.82, 2.24) is 0 Å². The maximum absolute atomic E-state index is 11.4. The molecule has 0 unspecified atom stereocenters. The molecule has 0 aliphatic rings. The molecular weight excluding hydrogens is 208 g/mol. The Bertz CT molecular complexity index is 193. The van der Waals surface area contributed by atoms with E-state index >= 15 is 0 Å². The quantitative estimate of drug-likeness (QED) is 0.520. The second-order valence-electron chi connectivity index (χ2n) is 3.83. The van der Waals surface area contributed by atoms with Gasteiger partial charge in [0, 0.05) is 0 Å². The minimum absolute atomic E-state index is 0.186. The van der Waals surface area contributed by atoms with Gasteiger partial charge >= 0.3 is 11.9 Å². The molecule has 0 saturated heterocycles. The summed E-state index contributed by atoms with van der Waals surface area (Å²) in [5.74, 6) is -1.28. The molecule has 0 rings (SSSR count). The van der Waals surface area contributed by atoms with E-state index in [0.29, 0.717) is 25.7 Å². The minimum Gasteiger partial charge on any atom is -0.247 e. The standard InChI is InChI=1S/C12H22O4/c1-5-9(6-2)11(13)15-16-12(14)10(7-3)8-4/h9-10H,5-8H2,1-4H3. The molecule has 0 aromatic rings. The summed E-state index contributed by atoms with van der Waals surface area (Å²) in [5, 5.41) is 0. The third-order valence-electron chi connectivity index (χ3n) is 2.84. The molecule has 0 radical (unpaired) electrons. The molecule has 0 spiro atoms. The average Bonchev–Trinajstić information content (AvgIpc) is 2.29. The SMILES string of the molecule is CCC(CC)C(=O)OOC(=O)C(CC)CC. The molecule has 0 N–H and O–H groups in total. The molecule has 0 aromatic carbocycles. The Balaban J connectivity index is 4.04. The normalized spacial score (nSPS) is 10.6. The van der Waals surface area contributed by atoms with Gasteiger partial charge in [-0.25, -0.2) is 19.4 Å². The van der Waals surface area contributed by atoms with Gasteiger partial charge in [-0.3, -0.25) is 0 Å². The van der Waals surface area contributed by atoms with Crippen LogP contribution in [-0.2, 0) is 19.4 Å². The van der Waals surface area contributed by atoms with Crippen LogP contribution in [0.15, 0.2) is 0 Å². The molecule has 0 aliphatic carbocycles. The van der Waals surface area contributed by atoms with Crippen molar-refractivity contribution in [3.05, 3.63) is 0 Å². The predicted octanol–water partition coefficient (Wildman–Crippen LogP) is 2.86. The molecule has 0 saturated carbocycles. The van der Waals surface area contributed by atoms with Crippen molar-refractivity contribution in [3.8, 4) is 0 Å². The van der Waals surface area contributed by atoms with Gasteiger partial charge in [0.1, 0.15) is 0 Å². The van der Waals surface area contributed by atoms with E-state index < -0.39 is 11.9 Å². The highest BCUT2D eigenvalue weighted by Crippen LogP contribution is 2.13. The van der Waals surface area contributed by atoms with Crippen LogP contribution < -0.4 is 0 Å². The van der Waals surface area contributed by atoms with Gasteiger partial charge in [0.25, 0.3) is 0 Å². The molecule has 0 amide bonds. The molecule has 4 heteroatoms. The van der Waals surface area contributed by atoms with E-state index in [1.54, 1.807) is 0 Å². The summed E-state index contributed by atoms with van der Waals surface area (Å²) in [7, 11) is 0. The largest absolute Gasteiger partial charge is 0.358 e. The average molecular weight is 230 g/mol. The molecule has 0 bridgehead atoms. The molecule has 0 aromatic heterocycles. The number of rotatable bonds is 6. The summed E-state index contributed by atoms with van der Waals surface area (Å²) in [6.45, 7) is 7.60. The van der Waals surface area contributed by atoms with Crippen LogP contribution in [0.1, 0.15) is 53.4 Å². The van der Waals surface area contributed by atoms with E-state index in [-0.39, 0.29) is 11.8 Å². The molecule has 0 atom stereocenters. The van der Waals surface area contributed by atoms with Crippen LogP contribution >= 0.6 is 0 Å². The van der Waals surface area contributed by atoms with E-state index in [4.69, 9.17) is 0 Å². The summed E-state index contributed by atoms with van der Waals surface area (Å²) in [5.41, 5.74) is 0. The van der Waals surface area contributed by atoms with E-state index in [0.717, 1.165) is 0 Å². The van der Waals surface area contributed by atoms with E-state index in [1.165, 1.54) is 0 Å². The molecule has 94 valence electrons. The van der Waals surface area contributed by atoms with Crippen LogP contribution in [0.4, 0.5) is 0 Å². The van der Waals surface area contributed by atoms with Gasteiger partial charge < -0.3 is 0 Å². The van der Waals surface area contributed by atoms with Gasteiger partial charge in [-0.05, 0) is 25.7 Å². The maximum atomic E-state index is 11.4. The lowest BCUT2D eigenvalue weighted by molar-refractivity contribution is -0.265. The Labute approximate surface area is 97.2 Å². The Morgan fingerprint density at radius 2 is 1.00 bits per heavy atom. The Morgan fingerprint density at radius 3 is 1.19 bits per heavy atom. The van der Waals surface area contributed by atoms with Gasteiger partial charge in [0.2, 0.25) is 0 Å². The number of hydrogen-bond donors (Lipinski definition) is 0. The van der Waals surface area contributed by atoms with Gasteiger partial charge in [-0.2, -0.15) is 0 Å². The van der Waals surface area contributed by atoms with E-state index in [2.05, 4.69) is 9.78 Å². The summed E-state index contributed by atoms with van der Waals surface area (Å²) in [4.78, 5) is 31.9. The third-order valence-corrected chi connectivity index (χ3v) is 2.84. The van der Waals surface area contributed by atoms with Gasteiger partial charge in [0.15, 0.2) is 0 Å². The van der Waals surface area contributed by atoms with Crippen LogP contribution in [0.3, 0.4) is 0 Å². The minimum atomic E-state index is -0.454. The van der Waals surface area contributed by atoms with Crippen LogP contribution in [0.5, 0.6) is 0 Å². The van der Waals surface area contributed by atoms with Gasteiger partial charge in [-0.1, -0.05) is 27.7 Å². The Morgan fingerprint density at radius 1 is 0.750 bits per heavy atom. The van der Waals surface area contributed by atoms with Crippen LogP contribution in [-0.4, -0.2) is 11.9 Å². The summed E-state index contributed by atoms with van der Waals surface area (Å²) in [6, 6.07) is 0. The van der Waals surface area contributed by atoms with E-state index in [9.17, 15) is 9.59 Å². The second-order valence-corrected chi connectivity index (χ2v) is 3.83. The number of carbonyl (C=O) groups excluding carboxylic acids is 2. The fourth-order valence-electron chi connectivity index (χ4n) is 1.46. The zero-order valence-corrected chi connectivity index (χ0v) is 10.6. The van der Waals surface area contributed by atoms with Gasteiger partial charge in [0.05, 0.1) is 11.8 Å². The molecule has 0 aliphatic heterocycles. The number of carbonyl (C=O) groups is 2. The second kappa shape index (κ2) is 8.13. The molecule has 0 fully saturated rings. The first-order chi connectivity index (χ1) is 7.60. The first kappa shape index (κ1) is 14.9. The fraction of sp³-hybridized carbons (Fsp3) is 0.833. The summed E-state index contributed by atoms with van der Waals surface area (Å²) < 4.78 is 0. The fourth-order valence-corrected chi connectivity index (χ4v) is 1.46. The molecule has 0 heterocycles. The van der Waals surface area contributed by atoms with Crippen molar-refractivity contribution in [2.45, 2.75) is 53.4 Å². The molecule has 4 nitrogen and oxygen atoms in total. The van der Waals surface area contributed by atoms with E-state index in [1.807, 2.05) is 27.7 Å². The van der Waals surface area contributed by atoms with Crippen molar-refractivity contribution >= 4 is 11.9 Å². The van der Waals surface area contributed by atoms with Crippen LogP contribution in [0.2, 0.25) is 0 Å². The highest BCUT2D eigenvalue weighted by molar-refractivity contribution is 5.75. The highest BCUT2D eigenvalue weighted by Gasteiger charge is 2.22. The van der Waals surface area contributed by atoms with Crippen molar-refractivity contribution < 1.29 is 19.4 Å². The molecular formula is C12H22O4. The third kappa shape index (κ3) is 4.64. The maximum Gasteiger partial charge on any atom is 0.358 e. The predicted molar refractivity (Wildman–Crippen MR) is 60.3 cm³/mol.